The highest BCUT2D eigenvalue weighted by Crippen LogP contribution is 2.18. The van der Waals surface area contributed by atoms with Crippen molar-refractivity contribution in [2.75, 3.05) is 42.9 Å². The monoisotopic (exact) mass is 353 g/mol. The second-order valence-electron chi connectivity index (χ2n) is 7.04. The van der Waals surface area contributed by atoms with Crippen LogP contribution >= 0.6 is 0 Å². The molecule has 5 nitrogen and oxygen atoms in total. The molecule has 1 N–H and O–H groups in total. The number of piperazine rings is 1. The first-order chi connectivity index (χ1) is 12.7. The minimum Gasteiger partial charge on any atom is -0.370 e. The van der Waals surface area contributed by atoms with Gasteiger partial charge in [0, 0.05) is 45.3 Å². The third kappa shape index (κ3) is 5.43. The van der Waals surface area contributed by atoms with Gasteiger partial charge in [-0.2, -0.15) is 0 Å². The molecule has 2 aromatic rings. The second kappa shape index (κ2) is 9.53. The van der Waals surface area contributed by atoms with Crippen LogP contribution in [0, 0.1) is 6.92 Å². The Labute approximate surface area is 157 Å². The van der Waals surface area contributed by atoms with Gasteiger partial charge >= 0.3 is 0 Å². The first kappa shape index (κ1) is 18.6. The molecule has 0 atom stereocenters. The summed E-state index contributed by atoms with van der Waals surface area (Å²) in [7, 11) is 0. The highest BCUT2D eigenvalue weighted by molar-refractivity contribution is 5.49. The molecule has 1 saturated heterocycles. The minimum absolute atomic E-state index is 0.840. The molecule has 0 amide bonds. The summed E-state index contributed by atoms with van der Waals surface area (Å²) in [4.78, 5) is 14.1. The Morgan fingerprint density at radius 2 is 1.77 bits per heavy atom. The molecule has 0 saturated carbocycles. The Morgan fingerprint density at radius 1 is 1.00 bits per heavy atom. The highest BCUT2D eigenvalue weighted by Gasteiger charge is 2.19. The standard InChI is InChI=1S/C21H31N5/c1-3-4-8-11-22-20-16-21(24-18(2)23-20)26-14-12-25(13-15-26)17-19-9-6-5-7-10-19/h5-7,9-10,16H,3-4,8,11-15,17H2,1-2H3,(H,22,23,24). The lowest BCUT2D eigenvalue weighted by molar-refractivity contribution is 0.249. The SMILES string of the molecule is CCCCCNc1cc(N2CCN(Cc3ccccc3)CC2)nc(C)n1. The first-order valence-corrected chi connectivity index (χ1v) is 9.85. The van der Waals surface area contributed by atoms with Gasteiger partial charge in [0.05, 0.1) is 0 Å². The van der Waals surface area contributed by atoms with Crippen molar-refractivity contribution in [3.8, 4) is 0 Å². The number of anilines is 2. The molecule has 1 aromatic heterocycles. The molecule has 0 radical (unpaired) electrons. The predicted molar refractivity (Wildman–Crippen MR) is 109 cm³/mol. The number of nitrogens with zero attached hydrogens (tertiary/aromatic N) is 4. The number of hydrogen-bond donors (Lipinski definition) is 1. The number of unbranched alkanes of at least 4 members (excludes halogenated alkanes) is 2. The van der Waals surface area contributed by atoms with Crippen LogP contribution < -0.4 is 10.2 Å². The lowest BCUT2D eigenvalue weighted by Crippen LogP contribution is -2.46. The van der Waals surface area contributed by atoms with Crippen LogP contribution in [0.2, 0.25) is 0 Å². The summed E-state index contributed by atoms with van der Waals surface area (Å²) in [6.45, 7) is 10.4. The van der Waals surface area contributed by atoms with E-state index in [0.717, 1.165) is 56.7 Å². The van der Waals surface area contributed by atoms with Crippen molar-refractivity contribution in [3.63, 3.8) is 0 Å². The summed E-state index contributed by atoms with van der Waals surface area (Å²) >= 11 is 0. The van der Waals surface area contributed by atoms with Crippen molar-refractivity contribution in [2.24, 2.45) is 0 Å². The van der Waals surface area contributed by atoms with Gasteiger partial charge in [-0.05, 0) is 18.9 Å². The van der Waals surface area contributed by atoms with E-state index in [9.17, 15) is 0 Å². The maximum atomic E-state index is 4.67. The Balaban J connectivity index is 1.54. The van der Waals surface area contributed by atoms with Gasteiger partial charge in [-0.15, -0.1) is 0 Å². The second-order valence-corrected chi connectivity index (χ2v) is 7.04. The zero-order chi connectivity index (χ0) is 18.2. The minimum atomic E-state index is 0.840. The van der Waals surface area contributed by atoms with Crippen molar-refractivity contribution >= 4 is 11.6 Å². The summed E-state index contributed by atoms with van der Waals surface area (Å²) in [6, 6.07) is 12.8. The van der Waals surface area contributed by atoms with Crippen molar-refractivity contribution in [1.82, 2.24) is 14.9 Å². The Bertz CT molecular complexity index is 665. The average Bonchev–Trinajstić information content (AvgIpc) is 2.66. The number of aromatic nitrogens is 2. The summed E-state index contributed by atoms with van der Waals surface area (Å²) in [6.07, 6.45) is 3.68. The maximum Gasteiger partial charge on any atom is 0.134 e. The van der Waals surface area contributed by atoms with Gasteiger partial charge in [0.25, 0.3) is 0 Å². The van der Waals surface area contributed by atoms with E-state index in [1.54, 1.807) is 0 Å². The van der Waals surface area contributed by atoms with Crippen molar-refractivity contribution < 1.29 is 0 Å². The topological polar surface area (TPSA) is 44.3 Å². The van der Waals surface area contributed by atoms with Crippen LogP contribution in [0.5, 0.6) is 0 Å². The van der Waals surface area contributed by atoms with Gasteiger partial charge in [-0.1, -0.05) is 50.1 Å². The molecule has 2 heterocycles. The molecule has 1 aromatic carbocycles. The molecule has 3 rings (SSSR count). The van der Waals surface area contributed by atoms with E-state index >= 15 is 0 Å². The first-order valence-electron chi connectivity index (χ1n) is 9.85. The van der Waals surface area contributed by atoms with E-state index in [1.165, 1.54) is 24.8 Å². The fourth-order valence-electron chi connectivity index (χ4n) is 3.37. The summed E-state index contributed by atoms with van der Waals surface area (Å²) in [5, 5.41) is 3.45. The molecule has 140 valence electrons. The van der Waals surface area contributed by atoms with Crippen LogP contribution in [0.1, 0.15) is 37.6 Å². The highest BCUT2D eigenvalue weighted by atomic mass is 15.3. The van der Waals surface area contributed by atoms with E-state index in [4.69, 9.17) is 0 Å². The van der Waals surface area contributed by atoms with E-state index in [0.29, 0.717) is 0 Å². The van der Waals surface area contributed by atoms with E-state index < -0.39 is 0 Å². The predicted octanol–water partition coefficient (Wildman–Crippen LogP) is 3.71. The molecular weight excluding hydrogens is 322 g/mol. The fourth-order valence-corrected chi connectivity index (χ4v) is 3.37. The van der Waals surface area contributed by atoms with Crippen molar-refractivity contribution in [2.45, 2.75) is 39.7 Å². The summed E-state index contributed by atoms with van der Waals surface area (Å²) < 4.78 is 0. The van der Waals surface area contributed by atoms with Gasteiger partial charge in [-0.3, -0.25) is 4.90 Å². The van der Waals surface area contributed by atoms with Crippen LogP contribution in [0.4, 0.5) is 11.6 Å². The van der Waals surface area contributed by atoms with E-state index in [2.05, 4.69) is 68.4 Å². The normalized spacial score (nSPS) is 15.2. The largest absolute Gasteiger partial charge is 0.370 e. The quantitative estimate of drug-likeness (QED) is 0.733. The van der Waals surface area contributed by atoms with Gasteiger partial charge in [0.2, 0.25) is 0 Å². The molecule has 0 aliphatic carbocycles. The Hall–Kier alpha value is -2.14. The summed E-state index contributed by atoms with van der Waals surface area (Å²) in [5.41, 5.74) is 1.39. The van der Waals surface area contributed by atoms with Gasteiger partial charge < -0.3 is 10.2 Å². The van der Waals surface area contributed by atoms with Gasteiger partial charge in [-0.25, -0.2) is 9.97 Å². The molecule has 5 heteroatoms. The zero-order valence-corrected chi connectivity index (χ0v) is 16.1. The van der Waals surface area contributed by atoms with Crippen LogP contribution in [0.3, 0.4) is 0 Å². The molecular formula is C21H31N5. The number of hydrogen-bond acceptors (Lipinski definition) is 5. The number of aryl methyl sites for hydroxylation is 1. The zero-order valence-electron chi connectivity index (χ0n) is 16.1. The third-order valence-corrected chi connectivity index (χ3v) is 4.86. The van der Waals surface area contributed by atoms with Crippen LogP contribution in [0.15, 0.2) is 36.4 Å². The number of nitrogens with one attached hydrogen (secondary N) is 1. The maximum absolute atomic E-state index is 4.67. The molecule has 0 unspecified atom stereocenters. The Kier molecular flexibility index (Phi) is 6.83. The van der Waals surface area contributed by atoms with Crippen LogP contribution in [-0.4, -0.2) is 47.6 Å². The van der Waals surface area contributed by atoms with Gasteiger partial charge in [0.1, 0.15) is 17.5 Å². The third-order valence-electron chi connectivity index (χ3n) is 4.86. The van der Waals surface area contributed by atoms with Crippen molar-refractivity contribution in [3.05, 3.63) is 47.8 Å². The molecule has 0 bridgehead atoms. The number of rotatable bonds is 8. The number of benzene rings is 1. The molecule has 0 spiro atoms. The lowest BCUT2D eigenvalue weighted by Gasteiger charge is -2.35. The van der Waals surface area contributed by atoms with Crippen LogP contribution in [0.25, 0.3) is 0 Å². The molecule has 1 fully saturated rings. The molecule has 26 heavy (non-hydrogen) atoms. The Morgan fingerprint density at radius 3 is 2.50 bits per heavy atom. The fraction of sp³-hybridized carbons (Fsp3) is 0.524. The van der Waals surface area contributed by atoms with E-state index in [-0.39, 0.29) is 0 Å². The van der Waals surface area contributed by atoms with Crippen LogP contribution in [-0.2, 0) is 6.54 Å². The summed E-state index contributed by atoms with van der Waals surface area (Å²) in [5.74, 6) is 2.84. The molecule has 1 aliphatic rings. The smallest absolute Gasteiger partial charge is 0.134 e. The lowest BCUT2D eigenvalue weighted by atomic mass is 10.2. The van der Waals surface area contributed by atoms with Crippen molar-refractivity contribution in [1.29, 1.82) is 0 Å². The average molecular weight is 354 g/mol. The van der Waals surface area contributed by atoms with Gasteiger partial charge in [0.15, 0.2) is 0 Å². The molecule has 1 aliphatic heterocycles. The van der Waals surface area contributed by atoms with E-state index in [1.807, 2.05) is 6.92 Å².